The van der Waals surface area contributed by atoms with E-state index in [9.17, 15) is 101 Å². The summed E-state index contributed by atoms with van der Waals surface area (Å²) >= 11 is 0. The predicted octanol–water partition coefficient (Wildman–Crippen LogP) is -11.4. The lowest BCUT2D eigenvalue weighted by Gasteiger charge is -2.49. The van der Waals surface area contributed by atoms with Crippen molar-refractivity contribution in [3.63, 3.8) is 0 Å². The average Bonchev–Trinajstić information content (AvgIpc) is 3.81. The third kappa shape index (κ3) is 12.0. The van der Waals surface area contributed by atoms with Crippen LogP contribution in [0.1, 0.15) is 11.9 Å². The van der Waals surface area contributed by atoms with Crippen molar-refractivity contribution < 1.29 is 149 Å². The fourth-order valence-electron chi connectivity index (χ4n) is 9.04. The van der Waals surface area contributed by atoms with Crippen LogP contribution < -0.4 is 0 Å². The van der Waals surface area contributed by atoms with Crippen molar-refractivity contribution in [1.82, 2.24) is 9.97 Å². The van der Waals surface area contributed by atoms with Crippen LogP contribution in [0.5, 0.6) is 0 Å². The van der Waals surface area contributed by atoms with E-state index in [0.717, 1.165) is 12.1 Å². The molecule has 73 heavy (non-hydrogen) atoms. The Hall–Kier alpha value is -2.54. The van der Waals surface area contributed by atoms with E-state index in [1.54, 1.807) is 0 Å². The Morgan fingerprint density at radius 3 is 1.22 bits per heavy atom. The normalized spacial score (nSPS) is 45.0. The molecule has 0 amide bonds. The minimum Gasteiger partial charge on any atom is -0.394 e. The van der Waals surface area contributed by atoms with Gasteiger partial charge in [0.2, 0.25) is 0 Å². The molecule has 0 spiro atoms. The number of aliphatic hydroxyl groups is 19. The number of aromatic amines is 1. The van der Waals surface area contributed by atoms with E-state index in [4.69, 9.17) is 47.4 Å². The maximum Gasteiger partial charge on any atom is 0.187 e. The molecule has 0 saturated carbocycles. The minimum absolute atomic E-state index is 0.165. The zero-order valence-corrected chi connectivity index (χ0v) is 38.0. The molecular formula is C41H63FN2O29. The molecule has 32 heteroatoms. The molecule has 0 aliphatic carbocycles. The monoisotopic (exact) mass is 1070 g/mol. The molecule has 2 aromatic rings. The Morgan fingerprint density at radius 1 is 0.479 bits per heavy atom. The smallest absolute Gasteiger partial charge is 0.187 e. The van der Waals surface area contributed by atoms with Gasteiger partial charge in [0.05, 0.1) is 50.7 Å². The number of aliphatic hydroxyl groups excluding tert-OH is 19. The largest absolute Gasteiger partial charge is 0.394 e. The number of imidazole rings is 1. The second-order valence-corrected chi connectivity index (χ2v) is 18.0. The van der Waals surface area contributed by atoms with Crippen molar-refractivity contribution in [3.8, 4) is 0 Å². The SMILES string of the molecule is OCC1O[C@H](O[C@@H]2C(CO)O[C@H](O[C@@H]3C(CO)O[C@H](O[C@@H]4C(CO)O[C@H](O[C@H]5C(CO)O[C@H](O[C@H](CO)[C@H](O)C(O)c6nc7ccc(F)cc7[nH]6)[C@@H](O)C5O)[C@@H](O)C4O)[C@@H](O)C3O)[C@@H](O)C2O)[C@@H](O)C(O)[C@@H]1O. The number of aromatic nitrogens is 2. The van der Waals surface area contributed by atoms with Gasteiger partial charge < -0.3 is 149 Å². The molecule has 5 aliphatic heterocycles. The van der Waals surface area contributed by atoms with E-state index in [0.29, 0.717) is 0 Å². The molecule has 31 nitrogen and oxygen atoms in total. The van der Waals surface area contributed by atoms with Gasteiger partial charge in [0.15, 0.2) is 31.5 Å². The van der Waals surface area contributed by atoms with Gasteiger partial charge in [-0.3, -0.25) is 0 Å². The number of ether oxygens (including phenoxy) is 10. The zero-order chi connectivity index (χ0) is 53.3. The van der Waals surface area contributed by atoms with Gasteiger partial charge in [-0.1, -0.05) is 0 Å². The number of benzene rings is 1. The maximum absolute atomic E-state index is 13.7. The van der Waals surface area contributed by atoms with E-state index in [1.807, 2.05) is 0 Å². The quantitative estimate of drug-likeness (QED) is 0.0621. The van der Waals surface area contributed by atoms with Crippen molar-refractivity contribution in [1.29, 1.82) is 0 Å². The molecule has 0 radical (unpaired) electrons. The molecule has 6 heterocycles. The van der Waals surface area contributed by atoms with Crippen LogP contribution in [0.4, 0.5) is 4.39 Å². The Kier molecular flexibility index (Phi) is 19.8. The van der Waals surface area contributed by atoms with E-state index >= 15 is 0 Å². The van der Waals surface area contributed by atoms with Gasteiger partial charge in [-0.2, -0.15) is 0 Å². The highest BCUT2D eigenvalue weighted by molar-refractivity contribution is 5.75. The fraction of sp³-hybridized carbons (Fsp3) is 0.829. The van der Waals surface area contributed by atoms with Crippen LogP contribution in [0.15, 0.2) is 18.2 Å². The first-order valence-electron chi connectivity index (χ1n) is 22.9. The molecule has 1 aromatic heterocycles. The van der Waals surface area contributed by atoms with Crippen LogP contribution in [0, 0.1) is 5.82 Å². The molecule has 20 N–H and O–H groups in total. The van der Waals surface area contributed by atoms with Crippen molar-refractivity contribution in [2.45, 2.75) is 172 Å². The summed E-state index contributed by atoms with van der Waals surface area (Å²) in [4.78, 5) is 6.70. The summed E-state index contributed by atoms with van der Waals surface area (Å²) in [7, 11) is 0. The van der Waals surface area contributed by atoms with Gasteiger partial charge in [0, 0.05) is 0 Å². The highest BCUT2D eigenvalue weighted by Crippen LogP contribution is 2.36. The summed E-state index contributed by atoms with van der Waals surface area (Å²) in [5.41, 5.74) is 0.386. The zero-order valence-electron chi connectivity index (χ0n) is 38.0. The first-order valence-corrected chi connectivity index (χ1v) is 22.9. The molecule has 0 bridgehead atoms. The third-order valence-corrected chi connectivity index (χ3v) is 13.2. The first-order chi connectivity index (χ1) is 34.7. The van der Waals surface area contributed by atoms with Gasteiger partial charge in [-0.15, -0.1) is 0 Å². The summed E-state index contributed by atoms with van der Waals surface area (Å²) < 4.78 is 69.4. The highest BCUT2D eigenvalue weighted by atomic mass is 19.1. The second kappa shape index (κ2) is 24.8. The number of hydrogen-bond donors (Lipinski definition) is 20. The van der Waals surface area contributed by atoms with Crippen LogP contribution in [0.3, 0.4) is 0 Å². The van der Waals surface area contributed by atoms with Gasteiger partial charge in [0.25, 0.3) is 0 Å². The Bertz CT molecular complexity index is 2030. The minimum atomic E-state index is -2.19. The van der Waals surface area contributed by atoms with Crippen molar-refractivity contribution in [2.75, 3.05) is 39.6 Å². The second-order valence-electron chi connectivity index (χ2n) is 18.0. The van der Waals surface area contributed by atoms with E-state index < -0.39 is 217 Å². The summed E-state index contributed by atoms with van der Waals surface area (Å²) in [6.07, 6.45) is -53.6. The van der Waals surface area contributed by atoms with Gasteiger partial charge in [-0.25, -0.2) is 9.37 Å². The molecule has 11 unspecified atom stereocenters. The number of fused-ring (bicyclic) bond motifs is 1. The lowest BCUT2D eigenvalue weighted by Crippen LogP contribution is -2.68. The Labute approximate surface area is 410 Å². The van der Waals surface area contributed by atoms with E-state index in [1.165, 1.54) is 6.07 Å². The number of nitrogens with zero attached hydrogens (tertiary/aromatic N) is 1. The number of H-pyrrole nitrogens is 1. The standard InChI is InChI=1S/C41H63FN2O29/c42-10-1-2-11-12(3-10)44-36(43-11)26(58)20(52)14(5-46)64-37-28(60)22(54)32(15(6-47)66-37)71-39-30(62)24(56)34(17(8-49)68-39)73-41-31(63)25(57)35(18(9-50)69-41)72-40-29(61)23(55)33(16(7-48)67-40)70-38-27(59)21(53)19(51)13(4-45)65-38/h1-3,13-35,37-41,45-63H,4-9H2,(H,43,44)/t13?,14-,15?,16?,17?,18?,19-,20+,21?,22?,23?,24?,25?,26?,27+,28+,29+,30+,31+,32+,33-,34-,35-,37+,38-,39-,40-,41-/m1/s1. The van der Waals surface area contributed by atoms with Gasteiger partial charge >= 0.3 is 0 Å². The number of halogens is 1. The third-order valence-electron chi connectivity index (χ3n) is 13.2. The molecular weight excluding hydrogens is 1000 g/mol. The lowest BCUT2D eigenvalue weighted by molar-refractivity contribution is -0.394. The van der Waals surface area contributed by atoms with Crippen molar-refractivity contribution >= 4 is 11.0 Å². The predicted molar refractivity (Wildman–Crippen MR) is 223 cm³/mol. The number of hydrogen-bond acceptors (Lipinski definition) is 30. The molecule has 28 atom stereocenters. The van der Waals surface area contributed by atoms with Crippen LogP contribution in [0.2, 0.25) is 0 Å². The van der Waals surface area contributed by atoms with Crippen molar-refractivity contribution in [3.05, 3.63) is 29.8 Å². The summed E-state index contributed by atoms with van der Waals surface area (Å²) in [6, 6.07) is 3.49. The Morgan fingerprint density at radius 2 is 0.836 bits per heavy atom. The lowest BCUT2D eigenvalue weighted by atomic mass is 9.95. The molecule has 5 fully saturated rings. The fourth-order valence-corrected chi connectivity index (χ4v) is 9.04. The van der Waals surface area contributed by atoms with Gasteiger partial charge in [0.1, 0.15) is 152 Å². The number of nitrogens with one attached hydrogen (secondary N) is 1. The van der Waals surface area contributed by atoms with E-state index in [2.05, 4.69) is 9.97 Å². The van der Waals surface area contributed by atoms with E-state index in [-0.39, 0.29) is 16.9 Å². The number of rotatable bonds is 19. The van der Waals surface area contributed by atoms with Crippen molar-refractivity contribution in [2.24, 2.45) is 0 Å². The molecule has 5 saturated heterocycles. The molecule has 5 aliphatic rings. The molecule has 7 rings (SSSR count). The topological polar surface area (TPSA) is 505 Å². The summed E-state index contributed by atoms with van der Waals surface area (Å²) in [5, 5.41) is 202. The summed E-state index contributed by atoms with van der Waals surface area (Å²) in [5.74, 6) is -0.878. The first kappa shape index (κ1) is 58.1. The highest BCUT2D eigenvalue weighted by Gasteiger charge is 2.57. The van der Waals surface area contributed by atoms with Crippen LogP contribution in [0.25, 0.3) is 11.0 Å². The average molecular weight is 1070 g/mol. The maximum atomic E-state index is 13.7. The van der Waals surface area contributed by atoms with Crippen LogP contribution >= 0.6 is 0 Å². The Balaban J connectivity index is 0.951. The molecule has 418 valence electrons. The summed E-state index contributed by atoms with van der Waals surface area (Å²) in [6.45, 7) is -5.87. The molecule has 1 aromatic carbocycles. The van der Waals surface area contributed by atoms with Crippen LogP contribution in [-0.4, -0.2) is 312 Å². The van der Waals surface area contributed by atoms with Gasteiger partial charge in [-0.05, 0) is 18.2 Å². The van der Waals surface area contributed by atoms with Crippen LogP contribution in [-0.2, 0) is 47.4 Å².